The third-order valence-electron chi connectivity index (χ3n) is 2.62. The van der Waals surface area contributed by atoms with Crippen LogP contribution in [0.3, 0.4) is 0 Å². The van der Waals surface area contributed by atoms with Crippen LogP contribution in [0.2, 0.25) is 0 Å². The van der Waals surface area contributed by atoms with E-state index in [-0.39, 0.29) is 0 Å². The molecule has 0 fully saturated rings. The lowest BCUT2D eigenvalue weighted by Crippen LogP contribution is -2.17. The van der Waals surface area contributed by atoms with Gasteiger partial charge in [0, 0.05) is 0 Å². The molecule has 0 bridgehead atoms. The molecule has 0 aromatic carbocycles. The summed E-state index contributed by atoms with van der Waals surface area (Å²) >= 11 is 2.24. The van der Waals surface area contributed by atoms with Gasteiger partial charge in [-0.1, -0.05) is 27.7 Å². The van der Waals surface area contributed by atoms with Crippen LogP contribution < -0.4 is 5.73 Å². The first-order valence-electron chi connectivity index (χ1n) is 5.90. The van der Waals surface area contributed by atoms with Gasteiger partial charge < -0.3 is 5.73 Å². The Labute approximate surface area is 112 Å². The van der Waals surface area contributed by atoms with Crippen molar-refractivity contribution >= 4 is 28.4 Å². The predicted octanol–water partition coefficient (Wildman–Crippen LogP) is 3.70. The lowest BCUT2D eigenvalue weighted by molar-refractivity contribution is 0.320. The Morgan fingerprint density at radius 3 is 2.06 bits per heavy atom. The van der Waals surface area contributed by atoms with Gasteiger partial charge >= 0.3 is 0 Å². The number of hydrogen-bond acceptors (Lipinski definition) is 2. The van der Waals surface area contributed by atoms with Crippen molar-refractivity contribution in [3.8, 4) is 0 Å². The molecule has 0 spiro atoms. The minimum absolute atomic E-state index is 0.434. The maximum absolute atomic E-state index is 6.05. The average Bonchev–Trinajstić information content (AvgIpc) is 2.45. The molecule has 0 aliphatic heterocycles. The highest BCUT2D eigenvalue weighted by atomic mass is 127. The fourth-order valence-electron chi connectivity index (χ4n) is 2.03. The minimum Gasteiger partial charge on any atom is -0.383 e. The first-order valence-corrected chi connectivity index (χ1v) is 6.98. The first kappa shape index (κ1) is 13.8. The quantitative estimate of drug-likeness (QED) is 0.834. The van der Waals surface area contributed by atoms with Gasteiger partial charge in [0.2, 0.25) is 0 Å². The Bertz CT molecular complexity index is 321. The Morgan fingerprint density at radius 1 is 1.25 bits per heavy atom. The molecule has 0 unspecified atom stereocenters. The second-order valence-corrected chi connectivity index (χ2v) is 6.40. The SMILES string of the molecule is CC(C)CC(CC(C)C)n1ncc(I)c1N. The summed E-state index contributed by atoms with van der Waals surface area (Å²) in [5.74, 6) is 2.15. The summed E-state index contributed by atoms with van der Waals surface area (Å²) in [5, 5.41) is 4.41. The normalized spacial score (nSPS) is 12.0. The van der Waals surface area contributed by atoms with E-state index in [1.54, 1.807) is 0 Å². The molecular formula is C12H22IN3. The molecule has 3 nitrogen and oxygen atoms in total. The van der Waals surface area contributed by atoms with Crippen molar-refractivity contribution in [2.24, 2.45) is 11.8 Å². The van der Waals surface area contributed by atoms with Gasteiger partial charge in [-0.05, 0) is 47.3 Å². The van der Waals surface area contributed by atoms with Crippen LogP contribution in [0.4, 0.5) is 5.82 Å². The molecule has 0 aliphatic carbocycles. The van der Waals surface area contributed by atoms with Crippen LogP contribution in [0.5, 0.6) is 0 Å². The average molecular weight is 335 g/mol. The molecule has 16 heavy (non-hydrogen) atoms. The number of halogens is 1. The van der Waals surface area contributed by atoms with Gasteiger partial charge in [0.25, 0.3) is 0 Å². The van der Waals surface area contributed by atoms with Crippen LogP contribution in [-0.2, 0) is 0 Å². The molecule has 92 valence electrons. The topological polar surface area (TPSA) is 43.8 Å². The number of nitrogens with zero attached hydrogens (tertiary/aromatic N) is 2. The van der Waals surface area contributed by atoms with E-state index < -0.39 is 0 Å². The third-order valence-corrected chi connectivity index (χ3v) is 3.45. The maximum Gasteiger partial charge on any atom is 0.135 e. The lowest BCUT2D eigenvalue weighted by atomic mass is 9.96. The van der Waals surface area contributed by atoms with Gasteiger partial charge in [-0.15, -0.1) is 0 Å². The van der Waals surface area contributed by atoms with Crippen LogP contribution in [0.1, 0.15) is 46.6 Å². The molecule has 0 radical (unpaired) electrons. The molecule has 0 saturated carbocycles. The number of anilines is 1. The highest BCUT2D eigenvalue weighted by molar-refractivity contribution is 14.1. The zero-order valence-electron chi connectivity index (χ0n) is 10.6. The maximum atomic E-state index is 6.05. The third kappa shape index (κ3) is 3.64. The van der Waals surface area contributed by atoms with Crippen molar-refractivity contribution in [1.29, 1.82) is 0 Å². The molecule has 0 saturated heterocycles. The smallest absolute Gasteiger partial charge is 0.135 e. The molecule has 0 aliphatic rings. The standard InChI is InChI=1S/C12H22IN3/c1-8(2)5-10(6-9(3)4)16-12(14)11(13)7-15-16/h7-10H,5-6,14H2,1-4H3. The van der Waals surface area contributed by atoms with Gasteiger partial charge in [0.15, 0.2) is 0 Å². The molecule has 2 N–H and O–H groups in total. The van der Waals surface area contributed by atoms with E-state index in [2.05, 4.69) is 55.4 Å². The number of aromatic nitrogens is 2. The summed E-state index contributed by atoms with van der Waals surface area (Å²) in [4.78, 5) is 0. The Hall–Kier alpha value is -0.260. The second kappa shape index (κ2) is 5.89. The van der Waals surface area contributed by atoms with Crippen molar-refractivity contribution in [1.82, 2.24) is 9.78 Å². The van der Waals surface area contributed by atoms with Crippen molar-refractivity contribution in [3.63, 3.8) is 0 Å². The van der Waals surface area contributed by atoms with E-state index in [0.29, 0.717) is 17.9 Å². The van der Waals surface area contributed by atoms with E-state index in [4.69, 9.17) is 5.73 Å². The highest BCUT2D eigenvalue weighted by Crippen LogP contribution is 2.28. The zero-order chi connectivity index (χ0) is 12.3. The van der Waals surface area contributed by atoms with E-state index >= 15 is 0 Å². The van der Waals surface area contributed by atoms with E-state index in [9.17, 15) is 0 Å². The molecule has 1 aromatic heterocycles. The van der Waals surface area contributed by atoms with Gasteiger partial charge in [0.05, 0.1) is 15.8 Å². The Kier molecular flexibility index (Phi) is 5.08. The van der Waals surface area contributed by atoms with Crippen molar-refractivity contribution in [2.45, 2.75) is 46.6 Å². The molecule has 0 atom stereocenters. The van der Waals surface area contributed by atoms with Crippen LogP contribution in [0, 0.1) is 15.4 Å². The number of nitrogen functional groups attached to an aromatic ring is 1. The molecule has 4 heteroatoms. The molecule has 1 heterocycles. The van der Waals surface area contributed by atoms with Crippen LogP contribution in [0.25, 0.3) is 0 Å². The van der Waals surface area contributed by atoms with Gasteiger partial charge in [-0.2, -0.15) is 5.10 Å². The summed E-state index contributed by atoms with van der Waals surface area (Å²) < 4.78 is 3.05. The minimum atomic E-state index is 0.434. The van der Waals surface area contributed by atoms with Gasteiger partial charge in [-0.25, -0.2) is 4.68 Å². The molecule has 0 amide bonds. The summed E-state index contributed by atoms with van der Waals surface area (Å²) in [7, 11) is 0. The highest BCUT2D eigenvalue weighted by Gasteiger charge is 2.18. The summed E-state index contributed by atoms with van der Waals surface area (Å²) in [6.45, 7) is 8.99. The van der Waals surface area contributed by atoms with E-state index in [1.807, 2.05) is 10.9 Å². The first-order chi connectivity index (χ1) is 7.41. The van der Waals surface area contributed by atoms with Crippen LogP contribution in [-0.4, -0.2) is 9.78 Å². The Balaban J connectivity index is 2.87. The Morgan fingerprint density at radius 2 is 1.75 bits per heavy atom. The zero-order valence-corrected chi connectivity index (χ0v) is 12.7. The van der Waals surface area contributed by atoms with Crippen molar-refractivity contribution in [3.05, 3.63) is 9.77 Å². The summed E-state index contributed by atoms with van der Waals surface area (Å²) in [6, 6.07) is 0.434. The largest absolute Gasteiger partial charge is 0.383 e. The van der Waals surface area contributed by atoms with Gasteiger partial charge in [0.1, 0.15) is 5.82 Å². The molecule has 1 rings (SSSR count). The summed E-state index contributed by atoms with van der Waals surface area (Å²) in [6.07, 6.45) is 4.13. The fraction of sp³-hybridized carbons (Fsp3) is 0.750. The van der Waals surface area contributed by atoms with Gasteiger partial charge in [-0.3, -0.25) is 0 Å². The van der Waals surface area contributed by atoms with E-state index in [1.165, 1.54) is 0 Å². The van der Waals surface area contributed by atoms with Crippen molar-refractivity contribution in [2.75, 3.05) is 5.73 Å². The number of rotatable bonds is 5. The van der Waals surface area contributed by atoms with Crippen LogP contribution in [0.15, 0.2) is 6.20 Å². The fourth-order valence-corrected chi connectivity index (χ4v) is 2.40. The monoisotopic (exact) mass is 335 g/mol. The summed E-state index contributed by atoms with van der Waals surface area (Å²) in [5.41, 5.74) is 6.05. The molecule has 1 aromatic rings. The number of nitrogens with two attached hydrogens (primary N) is 1. The predicted molar refractivity (Wildman–Crippen MR) is 77.3 cm³/mol. The van der Waals surface area contributed by atoms with E-state index in [0.717, 1.165) is 22.2 Å². The lowest BCUT2D eigenvalue weighted by Gasteiger charge is -2.22. The molecular weight excluding hydrogens is 313 g/mol. The van der Waals surface area contributed by atoms with Crippen LogP contribution >= 0.6 is 22.6 Å². The number of hydrogen-bond donors (Lipinski definition) is 1. The van der Waals surface area contributed by atoms with Crippen molar-refractivity contribution < 1.29 is 0 Å². The second-order valence-electron chi connectivity index (χ2n) is 5.24.